The second kappa shape index (κ2) is 10.1. The highest BCUT2D eigenvalue weighted by Crippen LogP contribution is 2.24. The van der Waals surface area contributed by atoms with Gasteiger partial charge in [0.2, 0.25) is 11.8 Å². The molecule has 0 saturated carbocycles. The normalized spacial score (nSPS) is 19.3. The predicted molar refractivity (Wildman–Crippen MR) is 107 cm³/mol. The van der Waals surface area contributed by atoms with Crippen molar-refractivity contribution >= 4 is 36.0 Å². The number of fused-ring (bicyclic) bond motifs is 1. The number of carbonyl (C=O) groups excluding carboxylic acids is 5. The van der Waals surface area contributed by atoms with E-state index in [9.17, 15) is 33.2 Å². The summed E-state index contributed by atoms with van der Waals surface area (Å²) in [5.41, 5.74) is 2.45. The number of hydrogen-bond donors (Lipinski definition) is 3. The van der Waals surface area contributed by atoms with E-state index in [0.29, 0.717) is 6.42 Å². The van der Waals surface area contributed by atoms with Crippen LogP contribution >= 0.6 is 0 Å². The Bertz CT molecular complexity index is 970. The lowest BCUT2D eigenvalue weighted by Gasteiger charge is -2.42. The Morgan fingerprint density at radius 1 is 1.18 bits per heavy atom. The summed E-state index contributed by atoms with van der Waals surface area (Å²) >= 11 is 0. The molecule has 2 aliphatic rings. The number of carboxylic acid groups (broad SMARTS) is 1. The van der Waals surface area contributed by atoms with E-state index in [1.807, 2.05) is 0 Å². The SMILES string of the molecule is O=CC(CC(=O)O)NC(=O)C1CCCN2C(=O)CCN(NC(=O)c3ccc(F)cc3)C(=O)N12. The van der Waals surface area contributed by atoms with Gasteiger partial charge >= 0.3 is 12.0 Å². The molecule has 12 nitrogen and oxygen atoms in total. The Labute approximate surface area is 187 Å². The third-order valence-electron chi connectivity index (χ3n) is 5.20. The second-order valence-electron chi connectivity index (χ2n) is 7.50. The van der Waals surface area contributed by atoms with Crippen molar-refractivity contribution < 1.29 is 38.3 Å². The first-order valence-corrected chi connectivity index (χ1v) is 10.2. The molecule has 0 aliphatic carbocycles. The minimum Gasteiger partial charge on any atom is -0.481 e. The highest BCUT2D eigenvalue weighted by Gasteiger charge is 2.44. The zero-order chi connectivity index (χ0) is 24.1. The topological polar surface area (TPSA) is 156 Å². The van der Waals surface area contributed by atoms with Crippen LogP contribution in [0.25, 0.3) is 0 Å². The van der Waals surface area contributed by atoms with Crippen molar-refractivity contribution in [3.05, 3.63) is 35.6 Å². The molecule has 2 unspecified atom stereocenters. The van der Waals surface area contributed by atoms with Crippen molar-refractivity contribution in [2.24, 2.45) is 0 Å². The van der Waals surface area contributed by atoms with Gasteiger partial charge in [-0.25, -0.2) is 24.2 Å². The van der Waals surface area contributed by atoms with E-state index in [0.717, 1.165) is 27.2 Å². The zero-order valence-electron chi connectivity index (χ0n) is 17.4. The highest BCUT2D eigenvalue weighted by atomic mass is 19.1. The van der Waals surface area contributed by atoms with Crippen LogP contribution in [0.15, 0.2) is 24.3 Å². The quantitative estimate of drug-likeness (QED) is 0.467. The number of halogens is 1. The number of carboxylic acids is 1. The van der Waals surface area contributed by atoms with Crippen molar-refractivity contribution in [2.75, 3.05) is 13.1 Å². The van der Waals surface area contributed by atoms with E-state index in [1.165, 1.54) is 12.1 Å². The smallest absolute Gasteiger partial charge is 0.358 e. The number of hydrogen-bond acceptors (Lipinski definition) is 6. The number of aldehydes is 1. The number of nitrogens with one attached hydrogen (secondary N) is 2. The van der Waals surface area contributed by atoms with Gasteiger partial charge in [0.25, 0.3) is 5.91 Å². The maximum absolute atomic E-state index is 13.2. The van der Waals surface area contributed by atoms with Gasteiger partial charge in [-0.3, -0.25) is 24.6 Å². The maximum Gasteiger partial charge on any atom is 0.358 e. The third-order valence-corrected chi connectivity index (χ3v) is 5.20. The first-order chi connectivity index (χ1) is 15.7. The number of benzene rings is 1. The van der Waals surface area contributed by atoms with E-state index in [2.05, 4.69) is 10.7 Å². The fourth-order valence-electron chi connectivity index (χ4n) is 3.60. The Balaban J connectivity index is 1.80. The summed E-state index contributed by atoms with van der Waals surface area (Å²) in [5, 5.41) is 14.1. The summed E-state index contributed by atoms with van der Waals surface area (Å²) in [4.78, 5) is 73.2. The van der Waals surface area contributed by atoms with Gasteiger partial charge in [-0.2, -0.15) is 0 Å². The molecule has 0 aromatic heterocycles. The average molecular weight is 463 g/mol. The minimum atomic E-state index is -1.31. The molecule has 2 fully saturated rings. The van der Waals surface area contributed by atoms with Gasteiger partial charge in [0.15, 0.2) is 0 Å². The van der Waals surface area contributed by atoms with Crippen LogP contribution in [0.4, 0.5) is 9.18 Å². The Hall–Kier alpha value is -4.03. The van der Waals surface area contributed by atoms with E-state index < -0.39 is 54.0 Å². The van der Waals surface area contributed by atoms with E-state index >= 15 is 0 Å². The largest absolute Gasteiger partial charge is 0.481 e. The number of carbonyl (C=O) groups is 6. The summed E-state index contributed by atoms with van der Waals surface area (Å²) in [7, 11) is 0. The lowest BCUT2D eigenvalue weighted by Crippen LogP contribution is -2.64. The summed E-state index contributed by atoms with van der Waals surface area (Å²) in [5.74, 6) is -3.81. The molecule has 2 saturated heterocycles. The molecule has 2 aliphatic heterocycles. The molecule has 5 amide bonds. The van der Waals surface area contributed by atoms with Gasteiger partial charge in [0, 0.05) is 18.5 Å². The molecule has 1 aromatic rings. The molecule has 0 bridgehead atoms. The molecule has 2 atom stereocenters. The fourth-order valence-corrected chi connectivity index (χ4v) is 3.60. The number of amides is 5. The van der Waals surface area contributed by atoms with Gasteiger partial charge in [-0.05, 0) is 37.1 Å². The molecule has 3 N–H and O–H groups in total. The highest BCUT2D eigenvalue weighted by molar-refractivity contribution is 5.97. The third kappa shape index (κ3) is 5.42. The lowest BCUT2D eigenvalue weighted by atomic mass is 10.1. The molecule has 176 valence electrons. The van der Waals surface area contributed by atoms with Gasteiger partial charge < -0.3 is 15.2 Å². The Kier molecular flexibility index (Phi) is 7.20. The Morgan fingerprint density at radius 3 is 2.52 bits per heavy atom. The molecular weight excluding hydrogens is 441 g/mol. The Morgan fingerprint density at radius 2 is 1.88 bits per heavy atom. The number of hydrazine groups is 2. The van der Waals surface area contributed by atoms with E-state index in [1.54, 1.807) is 0 Å². The van der Waals surface area contributed by atoms with Crippen LogP contribution < -0.4 is 10.7 Å². The zero-order valence-corrected chi connectivity index (χ0v) is 17.4. The molecular formula is C20H22FN5O7. The maximum atomic E-state index is 13.2. The van der Waals surface area contributed by atoms with Gasteiger partial charge in [0.1, 0.15) is 18.1 Å². The van der Waals surface area contributed by atoms with E-state index in [4.69, 9.17) is 5.11 Å². The van der Waals surface area contributed by atoms with Gasteiger partial charge in [-0.1, -0.05) is 0 Å². The first kappa shape index (κ1) is 23.6. The van der Waals surface area contributed by atoms with Crippen molar-refractivity contribution in [3.63, 3.8) is 0 Å². The number of rotatable bonds is 7. The molecule has 13 heteroatoms. The van der Waals surface area contributed by atoms with Crippen LogP contribution in [-0.4, -0.2) is 81.3 Å². The van der Waals surface area contributed by atoms with Gasteiger partial charge in [-0.15, -0.1) is 0 Å². The summed E-state index contributed by atoms with van der Waals surface area (Å²) in [6, 6.07) is 1.25. The summed E-state index contributed by atoms with van der Waals surface area (Å²) < 4.78 is 13.1. The molecule has 0 spiro atoms. The first-order valence-electron chi connectivity index (χ1n) is 10.2. The monoisotopic (exact) mass is 463 g/mol. The van der Waals surface area contributed by atoms with E-state index in [-0.39, 0.29) is 37.8 Å². The van der Waals surface area contributed by atoms with Crippen LogP contribution in [0.5, 0.6) is 0 Å². The standard InChI is InChI=1S/C20H22FN5O7/c21-13-5-3-12(4-6-13)18(31)23-24-9-7-16(28)25-8-1-2-15(26(25)20(24)33)19(32)22-14(11-27)10-17(29)30/h3-6,11,14-15H,1-2,7-10H2,(H,22,32)(H,23,31)(H,29,30). The molecule has 0 radical (unpaired) electrons. The van der Waals surface area contributed by atoms with Crippen molar-refractivity contribution in [3.8, 4) is 0 Å². The van der Waals surface area contributed by atoms with Crippen molar-refractivity contribution in [2.45, 2.75) is 37.8 Å². The van der Waals surface area contributed by atoms with Crippen LogP contribution in [0.1, 0.15) is 36.0 Å². The van der Waals surface area contributed by atoms with Crippen molar-refractivity contribution in [1.82, 2.24) is 25.8 Å². The second-order valence-corrected chi connectivity index (χ2v) is 7.50. The molecule has 1 aromatic carbocycles. The number of urea groups is 1. The van der Waals surface area contributed by atoms with Crippen molar-refractivity contribution in [1.29, 1.82) is 0 Å². The fraction of sp³-hybridized carbons (Fsp3) is 0.400. The van der Waals surface area contributed by atoms with Crippen LogP contribution in [0.2, 0.25) is 0 Å². The number of aliphatic carboxylic acids is 1. The van der Waals surface area contributed by atoms with Crippen LogP contribution in [0, 0.1) is 5.82 Å². The molecule has 33 heavy (non-hydrogen) atoms. The van der Waals surface area contributed by atoms with Gasteiger partial charge in [0.05, 0.1) is 19.0 Å². The summed E-state index contributed by atoms with van der Waals surface area (Å²) in [6.45, 7) is 0.00224. The lowest BCUT2D eigenvalue weighted by molar-refractivity contribution is -0.155. The minimum absolute atomic E-state index is 0.0760. The molecule has 3 rings (SSSR count). The predicted octanol–water partition coefficient (Wildman–Crippen LogP) is -0.337. The summed E-state index contributed by atoms with van der Waals surface area (Å²) in [6.07, 6.45) is 0.0475. The van der Waals surface area contributed by atoms with Crippen LogP contribution in [0.3, 0.4) is 0 Å². The molecule has 2 heterocycles. The average Bonchev–Trinajstić information content (AvgIpc) is 2.90. The van der Waals surface area contributed by atoms with Crippen LogP contribution in [-0.2, 0) is 19.2 Å². The number of nitrogens with zero attached hydrogens (tertiary/aromatic N) is 3.